The lowest BCUT2D eigenvalue weighted by molar-refractivity contribution is -0.695. The Morgan fingerprint density at radius 2 is 1.83 bits per heavy atom. The quantitative estimate of drug-likeness (QED) is 0.695. The van der Waals surface area contributed by atoms with Crippen molar-refractivity contribution in [2.24, 2.45) is 0 Å². The van der Waals surface area contributed by atoms with E-state index < -0.39 is 11.9 Å². The van der Waals surface area contributed by atoms with Gasteiger partial charge in [-0.3, -0.25) is 14.5 Å². The molecule has 29 heavy (non-hydrogen) atoms. The number of carbonyl (C=O) groups excluding carboxylic acids is 2. The molecule has 1 N–H and O–H groups in total. The molecule has 0 saturated heterocycles. The van der Waals surface area contributed by atoms with E-state index in [4.69, 9.17) is 4.74 Å². The van der Waals surface area contributed by atoms with Crippen LogP contribution in [0.4, 0.5) is 15.8 Å². The number of benzene rings is 2. The number of halogens is 1. The predicted octanol–water partition coefficient (Wildman–Crippen LogP) is 2.85. The molecular weight excluding hydrogens is 373 g/mol. The van der Waals surface area contributed by atoms with Crippen molar-refractivity contribution < 1.29 is 23.3 Å². The molecule has 6 nitrogen and oxygen atoms in total. The van der Waals surface area contributed by atoms with Gasteiger partial charge in [-0.15, -0.1) is 0 Å². The summed E-state index contributed by atoms with van der Waals surface area (Å²) < 4.78 is 20.3. The van der Waals surface area contributed by atoms with Gasteiger partial charge >= 0.3 is 0 Å². The lowest BCUT2D eigenvalue weighted by Gasteiger charge is -2.32. The van der Waals surface area contributed by atoms with Crippen molar-refractivity contribution in [3.63, 3.8) is 0 Å². The van der Waals surface area contributed by atoms with Crippen LogP contribution in [0.2, 0.25) is 0 Å². The minimum atomic E-state index is -0.898. The van der Waals surface area contributed by atoms with Gasteiger partial charge in [0.1, 0.15) is 11.6 Å². The molecule has 3 aromatic rings. The summed E-state index contributed by atoms with van der Waals surface area (Å²) in [6, 6.07) is 17.0. The number of pyridine rings is 1. The fourth-order valence-electron chi connectivity index (χ4n) is 3.41. The number of ether oxygens (including phenoxy) is 1. The molecule has 0 fully saturated rings. The average molecular weight is 392 g/mol. The molecule has 1 atom stereocenters. The molecule has 4 rings (SSSR count). The number of rotatable bonds is 4. The highest BCUT2D eigenvalue weighted by molar-refractivity contribution is 6.05. The van der Waals surface area contributed by atoms with E-state index in [0.717, 1.165) is 0 Å². The number of nitrogens with zero attached hydrogens (tertiary/aromatic N) is 2. The third kappa shape index (κ3) is 3.67. The second kappa shape index (κ2) is 7.71. The zero-order valence-corrected chi connectivity index (χ0v) is 15.7. The Balaban J connectivity index is 1.73. The minimum Gasteiger partial charge on any atom is -0.497 e. The lowest BCUT2D eigenvalue weighted by atomic mass is 10.0. The average Bonchev–Trinajstić information content (AvgIpc) is 2.74. The molecule has 0 spiro atoms. The summed E-state index contributed by atoms with van der Waals surface area (Å²) in [5, 5.41) is 2.86. The first-order valence-corrected chi connectivity index (χ1v) is 9.08. The molecule has 0 bridgehead atoms. The zero-order valence-electron chi connectivity index (χ0n) is 15.7. The number of aromatic nitrogens is 1. The number of carbonyl (C=O) groups is 2. The van der Waals surface area contributed by atoms with E-state index in [-0.39, 0.29) is 18.4 Å². The molecule has 0 radical (unpaired) electrons. The van der Waals surface area contributed by atoms with Crippen LogP contribution in [-0.2, 0) is 16.1 Å². The van der Waals surface area contributed by atoms with Crippen LogP contribution in [0, 0.1) is 5.82 Å². The maximum absolute atomic E-state index is 13.4. The molecule has 2 aromatic carbocycles. The largest absolute Gasteiger partial charge is 0.497 e. The highest BCUT2D eigenvalue weighted by atomic mass is 19.1. The van der Waals surface area contributed by atoms with Gasteiger partial charge in [-0.25, -0.2) is 4.39 Å². The summed E-state index contributed by atoms with van der Waals surface area (Å²) in [6.07, 6.45) is 1.77. The molecule has 1 aromatic heterocycles. The van der Waals surface area contributed by atoms with Gasteiger partial charge in [-0.05, 0) is 48.5 Å². The molecular formula is C22H19FN3O3+. The Morgan fingerprint density at radius 1 is 1.10 bits per heavy atom. The van der Waals surface area contributed by atoms with Crippen molar-refractivity contribution >= 4 is 23.2 Å². The number of methoxy groups -OCH3 is 1. The second-order valence-corrected chi connectivity index (χ2v) is 6.61. The summed E-state index contributed by atoms with van der Waals surface area (Å²) in [7, 11) is 1.57. The molecule has 0 aliphatic carbocycles. The summed E-state index contributed by atoms with van der Waals surface area (Å²) in [5.41, 5.74) is 1.71. The van der Waals surface area contributed by atoms with E-state index in [1.807, 2.05) is 12.1 Å². The van der Waals surface area contributed by atoms with E-state index in [2.05, 4.69) is 5.32 Å². The molecule has 2 heterocycles. The van der Waals surface area contributed by atoms with Gasteiger partial charge in [0.05, 0.1) is 7.11 Å². The van der Waals surface area contributed by atoms with Gasteiger partial charge in [-0.2, -0.15) is 4.57 Å². The van der Waals surface area contributed by atoms with E-state index in [0.29, 0.717) is 22.8 Å². The Hall–Kier alpha value is -3.74. The molecule has 1 aliphatic rings. The number of anilines is 2. The summed E-state index contributed by atoms with van der Waals surface area (Å²) in [6.45, 7) is 0.0971. The normalized spacial score (nSPS) is 15.6. The smallest absolute Gasteiger partial charge is 0.294 e. The van der Waals surface area contributed by atoms with Gasteiger partial charge in [0.25, 0.3) is 11.8 Å². The van der Waals surface area contributed by atoms with Crippen molar-refractivity contribution in [3.8, 4) is 5.75 Å². The van der Waals surface area contributed by atoms with E-state index in [9.17, 15) is 14.0 Å². The first kappa shape index (κ1) is 18.6. The maximum atomic E-state index is 13.4. The van der Waals surface area contributed by atoms with Crippen LogP contribution in [0.5, 0.6) is 5.75 Å². The van der Waals surface area contributed by atoms with Crippen LogP contribution in [0.1, 0.15) is 11.7 Å². The highest BCUT2D eigenvalue weighted by Gasteiger charge is 2.43. The number of hydrogen-bond donors (Lipinski definition) is 1. The highest BCUT2D eigenvalue weighted by Crippen LogP contribution is 2.30. The van der Waals surface area contributed by atoms with Gasteiger partial charge in [0, 0.05) is 23.5 Å². The number of fused-ring (bicyclic) bond motifs is 1. The van der Waals surface area contributed by atoms with Gasteiger partial charge in [0.2, 0.25) is 18.3 Å². The number of amides is 2. The van der Waals surface area contributed by atoms with E-state index in [1.54, 1.807) is 48.2 Å². The van der Waals surface area contributed by atoms with Gasteiger partial charge in [-0.1, -0.05) is 6.07 Å². The summed E-state index contributed by atoms with van der Waals surface area (Å²) in [5.74, 6) is -0.361. The molecule has 0 saturated carbocycles. The fraction of sp³-hybridized carbons (Fsp3) is 0.136. The monoisotopic (exact) mass is 392 g/mol. The van der Waals surface area contributed by atoms with Crippen molar-refractivity contribution in [3.05, 3.63) is 84.4 Å². The first-order valence-electron chi connectivity index (χ1n) is 9.08. The molecule has 1 aliphatic heterocycles. The zero-order chi connectivity index (χ0) is 20.4. The molecule has 7 heteroatoms. The standard InChI is InChI=1S/C22H18FN3O3/c1-29-18-11-7-16(8-12-18)24-22(28)21-19-4-2-3-13-25(19)14-20(27)26(21)17-9-5-15(23)6-10-17/h2-13,21H,14H2,1H3/p+1. The van der Waals surface area contributed by atoms with Crippen molar-refractivity contribution in [2.75, 3.05) is 17.3 Å². The van der Waals surface area contributed by atoms with Crippen molar-refractivity contribution in [2.45, 2.75) is 12.6 Å². The molecule has 1 unspecified atom stereocenters. The topological polar surface area (TPSA) is 62.5 Å². The predicted molar refractivity (Wildman–Crippen MR) is 105 cm³/mol. The lowest BCUT2D eigenvalue weighted by Crippen LogP contribution is -2.58. The Bertz CT molecular complexity index is 1050. The second-order valence-electron chi connectivity index (χ2n) is 6.61. The van der Waals surface area contributed by atoms with E-state index in [1.165, 1.54) is 29.2 Å². The number of nitrogens with one attached hydrogen (secondary N) is 1. The Labute approximate surface area is 167 Å². The Morgan fingerprint density at radius 3 is 2.52 bits per heavy atom. The van der Waals surface area contributed by atoms with Gasteiger partial charge < -0.3 is 10.1 Å². The van der Waals surface area contributed by atoms with Crippen LogP contribution in [0.15, 0.2) is 72.9 Å². The van der Waals surface area contributed by atoms with Crippen LogP contribution in [0.3, 0.4) is 0 Å². The van der Waals surface area contributed by atoms with Crippen molar-refractivity contribution in [1.82, 2.24) is 0 Å². The molecule has 146 valence electrons. The van der Waals surface area contributed by atoms with E-state index >= 15 is 0 Å². The van der Waals surface area contributed by atoms with Crippen LogP contribution >= 0.6 is 0 Å². The Kier molecular flexibility index (Phi) is 4.95. The fourth-order valence-corrected chi connectivity index (χ4v) is 3.41. The number of hydrogen-bond acceptors (Lipinski definition) is 3. The minimum absolute atomic E-state index is 0.0971. The third-order valence-electron chi connectivity index (χ3n) is 4.80. The van der Waals surface area contributed by atoms with Gasteiger partial charge in [0.15, 0.2) is 6.20 Å². The third-order valence-corrected chi connectivity index (χ3v) is 4.80. The molecule has 2 amide bonds. The summed E-state index contributed by atoms with van der Waals surface area (Å²) in [4.78, 5) is 27.6. The van der Waals surface area contributed by atoms with Crippen molar-refractivity contribution in [1.29, 1.82) is 0 Å². The van der Waals surface area contributed by atoms with Crippen LogP contribution < -0.4 is 19.5 Å². The SMILES string of the molecule is COc1ccc(NC(=O)C2c3cccc[n+]3CC(=O)N2c2ccc(F)cc2)cc1. The first-order chi connectivity index (χ1) is 14.1. The van der Waals surface area contributed by atoms with Crippen LogP contribution in [0.25, 0.3) is 0 Å². The summed E-state index contributed by atoms with van der Waals surface area (Å²) >= 11 is 0. The maximum Gasteiger partial charge on any atom is 0.294 e. The van der Waals surface area contributed by atoms with Crippen LogP contribution in [-0.4, -0.2) is 18.9 Å².